The van der Waals surface area contributed by atoms with E-state index in [1.54, 1.807) is 0 Å². The number of hydrogen-bond donors (Lipinski definition) is 2. The molecule has 0 amide bonds. The Morgan fingerprint density at radius 2 is 2.05 bits per heavy atom. The Hall–Kier alpha value is -1.93. The van der Waals surface area contributed by atoms with Crippen molar-refractivity contribution in [3.63, 3.8) is 0 Å². The third-order valence-corrected chi connectivity index (χ3v) is 3.58. The topological polar surface area (TPSA) is 27.8 Å². The zero-order valence-electron chi connectivity index (χ0n) is 10.7. The third kappa shape index (κ3) is 2.45. The summed E-state index contributed by atoms with van der Waals surface area (Å²) in [6, 6.07) is 14.3. The van der Waals surface area contributed by atoms with E-state index in [0.29, 0.717) is 0 Å². The number of fused-ring (bicyclic) bond motifs is 1. The van der Waals surface area contributed by atoms with Gasteiger partial charge in [-0.1, -0.05) is 35.9 Å². The summed E-state index contributed by atoms with van der Waals surface area (Å²) in [5.41, 5.74) is 4.72. The lowest BCUT2D eigenvalue weighted by atomic mass is 10.1. The zero-order valence-corrected chi connectivity index (χ0v) is 11.5. The van der Waals surface area contributed by atoms with E-state index >= 15 is 0 Å². The molecule has 0 spiro atoms. The van der Waals surface area contributed by atoms with Gasteiger partial charge in [-0.25, -0.2) is 0 Å². The van der Waals surface area contributed by atoms with Gasteiger partial charge in [0.15, 0.2) is 0 Å². The van der Waals surface area contributed by atoms with Crippen molar-refractivity contribution in [1.29, 1.82) is 0 Å². The molecule has 0 aliphatic heterocycles. The largest absolute Gasteiger partial charge is 0.381 e. The number of rotatable bonds is 3. The Labute approximate surface area is 117 Å². The highest BCUT2D eigenvalue weighted by atomic mass is 35.5. The maximum atomic E-state index is 6.03. The number of hydrogen-bond acceptors (Lipinski definition) is 1. The van der Waals surface area contributed by atoms with Gasteiger partial charge in [0.1, 0.15) is 0 Å². The third-order valence-electron chi connectivity index (χ3n) is 3.34. The molecule has 19 heavy (non-hydrogen) atoms. The van der Waals surface area contributed by atoms with E-state index in [1.807, 2.05) is 24.4 Å². The summed E-state index contributed by atoms with van der Waals surface area (Å²) < 4.78 is 0. The van der Waals surface area contributed by atoms with E-state index < -0.39 is 0 Å². The van der Waals surface area contributed by atoms with Crippen LogP contribution in [0.15, 0.2) is 48.7 Å². The number of benzene rings is 2. The molecule has 0 aliphatic carbocycles. The molecule has 0 aliphatic rings. The molecule has 0 atom stereocenters. The van der Waals surface area contributed by atoms with Crippen LogP contribution < -0.4 is 5.32 Å². The van der Waals surface area contributed by atoms with E-state index in [0.717, 1.165) is 17.3 Å². The molecular formula is C16H15ClN2. The van der Waals surface area contributed by atoms with Crippen LogP contribution in [0.1, 0.15) is 11.1 Å². The van der Waals surface area contributed by atoms with Crippen LogP contribution in [0.2, 0.25) is 5.02 Å². The summed E-state index contributed by atoms with van der Waals surface area (Å²) in [6.07, 6.45) is 1.97. The van der Waals surface area contributed by atoms with Gasteiger partial charge in [-0.05, 0) is 41.6 Å². The monoisotopic (exact) mass is 270 g/mol. The van der Waals surface area contributed by atoms with Crippen LogP contribution in [0.25, 0.3) is 10.9 Å². The summed E-state index contributed by atoms with van der Waals surface area (Å²) in [7, 11) is 0. The van der Waals surface area contributed by atoms with Gasteiger partial charge < -0.3 is 10.3 Å². The molecule has 0 saturated carbocycles. The standard InChI is InChI=1S/C16H15ClN2/c1-11-5-6-14(17)9-15(11)19-10-13-4-2-3-12-7-8-18-16(12)13/h2-9,18-19H,10H2,1H3. The highest BCUT2D eigenvalue weighted by molar-refractivity contribution is 6.30. The van der Waals surface area contributed by atoms with Crippen LogP contribution in [-0.2, 0) is 6.54 Å². The minimum absolute atomic E-state index is 0.756. The molecule has 0 unspecified atom stereocenters. The van der Waals surface area contributed by atoms with Crippen molar-refractivity contribution in [2.75, 3.05) is 5.32 Å². The quantitative estimate of drug-likeness (QED) is 0.707. The van der Waals surface area contributed by atoms with Crippen molar-refractivity contribution in [1.82, 2.24) is 4.98 Å². The molecule has 3 rings (SSSR count). The Morgan fingerprint density at radius 1 is 1.16 bits per heavy atom. The first-order valence-electron chi connectivity index (χ1n) is 6.29. The maximum absolute atomic E-state index is 6.03. The lowest BCUT2D eigenvalue weighted by Crippen LogP contribution is -2.01. The predicted octanol–water partition coefficient (Wildman–Crippen LogP) is 4.74. The minimum Gasteiger partial charge on any atom is -0.381 e. The normalized spacial score (nSPS) is 10.8. The Balaban J connectivity index is 1.86. The maximum Gasteiger partial charge on any atom is 0.0504 e. The number of aromatic nitrogens is 1. The number of para-hydroxylation sites is 1. The van der Waals surface area contributed by atoms with Crippen LogP contribution in [0.5, 0.6) is 0 Å². The number of halogens is 1. The van der Waals surface area contributed by atoms with E-state index in [9.17, 15) is 0 Å². The van der Waals surface area contributed by atoms with E-state index in [2.05, 4.69) is 41.5 Å². The smallest absolute Gasteiger partial charge is 0.0504 e. The molecule has 3 heteroatoms. The summed E-state index contributed by atoms with van der Waals surface area (Å²) in [4.78, 5) is 3.28. The number of aromatic amines is 1. The Bertz CT molecular complexity index is 716. The highest BCUT2D eigenvalue weighted by Crippen LogP contribution is 2.22. The highest BCUT2D eigenvalue weighted by Gasteiger charge is 2.03. The predicted molar refractivity (Wildman–Crippen MR) is 81.8 cm³/mol. The molecule has 0 radical (unpaired) electrons. The van der Waals surface area contributed by atoms with Crippen molar-refractivity contribution in [2.45, 2.75) is 13.5 Å². The van der Waals surface area contributed by atoms with Crippen LogP contribution in [0.3, 0.4) is 0 Å². The van der Waals surface area contributed by atoms with E-state index in [1.165, 1.54) is 22.0 Å². The van der Waals surface area contributed by atoms with Gasteiger partial charge in [-0.2, -0.15) is 0 Å². The molecule has 2 nitrogen and oxygen atoms in total. The first-order chi connectivity index (χ1) is 9.24. The van der Waals surface area contributed by atoms with Gasteiger partial charge in [0.2, 0.25) is 0 Å². The molecule has 2 aromatic carbocycles. The van der Waals surface area contributed by atoms with Crippen LogP contribution in [-0.4, -0.2) is 4.98 Å². The van der Waals surface area contributed by atoms with Gasteiger partial charge in [-0.15, -0.1) is 0 Å². The molecule has 3 aromatic rings. The summed E-state index contributed by atoms with van der Waals surface area (Å²) in [6.45, 7) is 2.85. The van der Waals surface area contributed by atoms with Crippen molar-refractivity contribution in [2.24, 2.45) is 0 Å². The fourth-order valence-electron chi connectivity index (χ4n) is 2.27. The SMILES string of the molecule is Cc1ccc(Cl)cc1NCc1cccc2cc[nH]c12. The van der Waals surface area contributed by atoms with Gasteiger partial charge >= 0.3 is 0 Å². The number of H-pyrrole nitrogens is 1. The molecular weight excluding hydrogens is 256 g/mol. The van der Waals surface area contributed by atoms with Crippen molar-refractivity contribution in [3.8, 4) is 0 Å². The van der Waals surface area contributed by atoms with Gasteiger partial charge in [-0.3, -0.25) is 0 Å². The fraction of sp³-hybridized carbons (Fsp3) is 0.125. The lowest BCUT2D eigenvalue weighted by molar-refractivity contribution is 1.15. The second-order valence-electron chi connectivity index (χ2n) is 4.67. The molecule has 1 heterocycles. The minimum atomic E-state index is 0.756. The average Bonchev–Trinajstić information content (AvgIpc) is 2.88. The Morgan fingerprint density at radius 3 is 2.95 bits per heavy atom. The second-order valence-corrected chi connectivity index (χ2v) is 5.11. The first kappa shape index (κ1) is 12.1. The fourth-order valence-corrected chi connectivity index (χ4v) is 2.44. The van der Waals surface area contributed by atoms with Gasteiger partial charge in [0.25, 0.3) is 0 Å². The average molecular weight is 271 g/mol. The molecule has 0 bridgehead atoms. The summed E-state index contributed by atoms with van der Waals surface area (Å²) in [5, 5.41) is 5.44. The summed E-state index contributed by atoms with van der Waals surface area (Å²) >= 11 is 6.03. The number of nitrogens with one attached hydrogen (secondary N) is 2. The van der Waals surface area contributed by atoms with Crippen molar-refractivity contribution in [3.05, 3.63) is 64.8 Å². The number of aryl methyl sites for hydroxylation is 1. The van der Waals surface area contributed by atoms with E-state index in [-0.39, 0.29) is 0 Å². The lowest BCUT2D eigenvalue weighted by Gasteiger charge is -2.10. The summed E-state index contributed by atoms with van der Waals surface area (Å²) in [5.74, 6) is 0. The van der Waals surface area contributed by atoms with Crippen molar-refractivity contribution >= 4 is 28.2 Å². The van der Waals surface area contributed by atoms with Crippen LogP contribution >= 0.6 is 11.6 Å². The zero-order chi connectivity index (χ0) is 13.2. The molecule has 1 aromatic heterocycles. The van der Waals surface area contributed by atoms with Gasteiger partial charge in [0, 0.05) is 23.5 Å². The van der Waals surface area contributed by atoms with Crippen molar-refractivity contribution < 1.29 is 0 Å². The van der Waals surface area contributed by atoms with Crippen LogP contribution in [0.4, 0.5) is 5.69 Å². The molecule has 96 valence electrons. The first-order valence-corrected chi connectivity index (χ1v) is 6.67. The molecule has 0 saturated heterocycles. The molecule has 2 N–H and O–H groups in total. The number of anilines is 1. The van der Waals surface area contributed by atoms with Gasteiger partial charge in [0.05, 0.1) is 5.52 Å². The van der Waals surface area contributed by atoms with E-state index in [4.69, 9.17) is 11.6 Å². The second kappa shape index (κ2) is 4.98. The van der Waals surface area contributed by atoms with Crippen LogP contribution in [0, 0.1) is 6.92 Å². The Kier molecular flexibility index (Phi) is 3.18. The molecule has 0 fully saturated rings.